The van der Waals surface area contributed by atoms with Gasteiger partial charge in [-0.1, -0.05) is 0 Å². The summed E-state index contributed by atoms with van der Waals surface area (Å²) >= 11 is 0. The molecule has 70 valence electrons. The minimum atomic E-state index is 0.700. The van der Waals surface area contributed by atoms with E-state index < -0.39 is 0 Å². The highest BCUT2D eigenvalue weighted by Crippen LogP contribution is 2.10. The molecule has 2 heterocycles. The SMILES string of the molecule is c1cncc(OCN2CCCC2)c1. The molecule has 1 aliphatic rings. The summed E-state index contributed by atoms with van der Waals surface area (Å²) in [4.78, 5) is 6.30. The molecule has 0 N–H and O–H groups in total. The van der Waals surface area contributed by atoms with Crippen molar-refractivity contribution in [1.29, 1.82) is 0 Å². The predicted molar refractivity (Wildman–Crippen MR) is 50.5 cm³/mol. The molecule has 0 aliphatic carbocycles. The zero-order valence-corrected chi connectivity index (χ0v) is 7.65. The van der Waals surface area contributed by atoms with Crippen molar-refractivity contribution in [1.82, 2.24) is 9.88 Å². The number of hydrogen-bond donors (Lipinski definition) is 0. The molecular weight excluding hydrogens is 164 g/mol. The van der Waals surface area contributed by atoms with E-state index in [1.165, 1.54) is 25.9 Å². The molecule has 3 heteroatoms. The van der Waals surface area contributed by atoms with Crippen molar-refractivity contribution in [3.8, 4) is 5.75 Å². The molecule has 1 aliphatic heterocycles. The summed E-state index contributed by atoms with van der Waals surface area (Å²) in [6.07, 6.45) is 6.10. The Morgan fingerprint density at radius 1 is 1.38 bits per heavy atom. The molecule has 1 aromatic rings. The Labute approximate surface area is 78.3 Å². The lowest BCUT2D eigenvalue weighted by Gasteiger charge is -2.14. The van der Waals surface area contributed by atoms with Gasteiger partial charge in [0.2, 0.25) is 0 Å². The van der Waals surface area contributed by atoms with Gasteiger partial charge in [-0.3, -0.25) is 9.88 Å². The van der Waals surface area contributed by atoms with Crippen molar-refractivity contribution in [3.63, 3.8) is 0 Å². The Hall–Kier alpha value is -1.09. The van der Waals surface area contributed by atoms with Crippen LogP contribution < -0.4 is 4.74 Å². The van der Waals surface area contributed by atoms with Crippen LogP contribution in [-0.2, 0) is 0 Å². The summed E-state index contributed by atoms with van der Waals surface area (Å²) in [6, 6.07) is 3.82. The molecule has 0 spiro atoms. The van der Waals surface area contributed by atoms with Gasteiger partial charge in [-0.05, 0) is 25.0 Å². The molecule has 0 atom stereocenters. The smallest absolute Gasteiger partial charge is 0.142 e. The number of aromatic nitrogens is 1. The fourth-order valence-electron chi connectivity index (χ4n) is 1.51. The van der Waals surface area contributed by atoms with E-state index in [0.717, 1.165) is 5.75 Å². The van der Waals surface area contributed by atoms with Gasteiger partial charge in [0.25, 0.3) is 0 Å². The second-order valence-corrected chi connectivity index (χ2v) is 3.29. The maximum absolute atomic E-state index is 5.55. The molecule has 1 saturated heterocycles. The molecule has 13 heavy (non-hydrogen) atoms. The standard InChI is InChI=1S/C10H14N2O/c1-2-7-12(6-1)9-13-10-4-3-5-11-8-10/h3-5,8H,1-2,6-7,9H2. The minimum absolute atomic E-state index is 0.700. The highest BCUT2D eigenvalue weighted by molar-refractivity contribution is 5.15. The van der Waals surface area contributed by atoms with Crippen LogP contribution >= 0.6 is 0 Å². The number of hydrogen-bond acceptors (Lipinski definition) is 3. The lowest BCUT2D eigenvalue weighted by Crippen LogP contribution is -2.24. The van der Waals surface area contributed by atoms with Crippen LogP contribution in [0.15, 0.2) is 24.5 Å². The molecule has 0 aromatic carbocycles. The Morgan fingerprint density at radius 2 is 2.23 bits per heavy atom. The van der Waals surface area contributed by atoms with E-state index in [1.54, 1.807) is 12.4 Å². The molecule has 1 fully saturated rings. The zero-order chi connectivity index (χ0) is 8.93. The second-order valence-electron chi connectivity index (χ2n) is 3.29. The Morgan fingerprint density at radius 3 is 2.92 bits per heavy atom. The molecule has 0 bridgehead atoms. The Balaban J connectivity index is 1.79. The van der Waals surface area contributed by atoms with Crippen molar-refractivity contribution in [3.05, 3.63) is 24.5 Å². The van der Waals surface area contributed by atoms with Gasteiger partial charge in [-0.2, -0.15) is 0 Å². The van der Waals surface area contributed by atoms with Crippen LogP contribution in [-0.4, -0.2) is 29.7 Å². The predicted octanol–water partition coefficient (Wildman–Crippen LogP) is 1.51. The van der Waals surface area contributed by atoms with Gasteiger partial charge in [0.1, 0.15) is 12.5 Å². The van der Waals surface area contributed by atoms with Crippen LogP contribution in [0.5, 0.6) is 5.75 Å². The Kier molecular flexibility index (Phi) is 2.77. The normalized spacial score (nSPS) is 17.5. The van der Waals surface area contributed by atoms with Crippen LogP contribution in [0, 0.1) is 0 Å². The fourth-order valence-corrected chi connectivity index (χ4v) is 1.51. The van der Waals surface area contributed by atoms with Gasteiger partial charge in [-0.15, -0.1) is 0 Å². The number of likely N-dealkylation sites (tertiary alicyclic amines) is 1. The first-order valence-electron chi connectivity index (χ1n) is 4.70. The molecule has 0 amide bonds. The summed E-state index contributed by atoms with van der Waals surface area (Å²) in [5, 5.41) is 0. The van der Waals surface area contributed by atoms with E-state index in [2.05, 4.69) is 9.88 Å². The topological polar surface area (TPSA) is 25.4 Å². The Bertz CT molecular complexity index is 244. The average Bonchev–Trinajstić information content (AvgIpc) is 2.69. The van der Waals surface area contributed by atoms with Gasteiger partial charge in [0, 0.05) is 19.3 Å². The largest absolute Gasteiger partial charge is 0.477 e. The van der Waals surface area contributed by atoms with Gasteiger partial charge >= 0.3 is 0 Å². The van der Waals surface area contributed by atoms with Crippen molar-refractivity contribution < 1.29 is 4.74 Å². The van der Waals surface area contributed by atoms with Crippen LogP contribution in [0.3, 0.4) is 0 Å². The first-order valence-corrected chi connectivity index (χ1v) is 4.70. The molecular formula is C10H14N2O. The number of rotatable bonds is 3. The van der Waals surface area contributed by atoms with E-state index in [4.69, 9.17) is 4.74 Å². The van der Waals surface area contributed by atoms with E-state index in [1.807, 2.05) is 12.1 Å². The summed E-state index contributed by atoms with van der Waals surface area (Å²) in [6.45, 7) is 3.03. The molecule has 0 unspecified atom stereocenters. The van der Waals surface area contributed by atoms with Crippen LogP contribution in [0.4, 0.5) is 0 Å². The zero-order valence-electron chi connectivity index (χ0n) is 7.65. The maximum Gasteiger partial charge on any atom is 0.142 e. The highest BCUT2D eigenvalue weighted by Gasteiger charge is 2.10. The quantitative estimate of drug-likeness (QED) is 0.701. The third-order valence-electron chi connectivity index (χ3n) is 2.25. The maximum atomic E-state index is 5.55. The van der Waals surface area contributed by atoms with Crippen LogP contribution in [0.1, 0.15) is 12.8 Å². The fraction of sp³-hybridized carbons (Fsp3) is 0.500. The number of pyridine rings is 1. The molecule has 3 nitrogen and oxygen atoms in total. The number of nitrogens with zero attached hydrogens (tertiary/aromatic N) is 2. The molecule has 2 rings (SSSR count). The molecule has 0 saturated carbocycles. The summed E-state index contributed by atoms with van der Waals surface area (Å²) in [5.41, 5.74) is 0. The minimum Gasteiger partial charge on any atom is -0.477 e. The van der Waals surface area contributed by atoms with Crippen molar-refractivity contribution in [2.24, 2.45) is 0 Å². The first-order chi connectivity index (χ1) is 6.45. The van der Waals surface area contributed by atoms with Gasteiger partial charge in [-0.25, -0.2) is 0 Å². The first kappa shape index (κ1) is 8.51. The lowest BCUT2D eigenvalue weighted by molar-refractivity contribution is 0.151. The molecule has 1 aromatic heterocycles. The lowest BCUT2D eigenvalue weighted by atomic mass is 10.4. The van der Waals surface area contributed by atoms with E-state index in [0.29, 0.717) is 6.73 Å². The third-order valence-corrected chi connectivity index (χ3v) is 2.25. The second kappa shape index (κ2) is 4.23. The van der Waals surface area contributed by atoms with Crippen molar-refractivity contribution >= 4 is 0 Å². The summed E-state index contributed by atoms with van der Waals surface area (Å²) in [5.74, 6) is 0.856. The summed E-state index contributed by atoms with van der Waals surface area (Å²) < 4.78 is 5.55. The average molecular weight is 178 g/mol. The van der Waals surface area contributed by atoms with Crippen LogP contribution in [0.25, 0.3) is 0 Å². The molecule has 0 radical (unpaired) electrons. The monoisotopic (exact) mass is 178 g/mol. The highest BCUT2D eigenvalue weighted by atomic mass is 16.5. The van der Waals surface area contributed by atoms with Crippen molar-refractivity contribution in [2.45, 2.75) is 12.8 Å². The van der Waals surface area contributed by atoms with Gasteiger partial charge in [0.05, 0.1) is 6.20 Å². The van der Waals surface area contributed by atoms with E-state index >= 15 is 0 Å². The van der Waals surface area contributed by atoms with E-state index in [-0.39, 0.29) is 0 Å². The van der Waals surface area contributed by atoms with Gasteiger partial charge < -0.3 is 4.74 Å². The van der Waals surface area contributed by atoms with E-state index in [9.17, 15) is 0 Å². The van der Waals surface area contributed by atoms with Crippen molar-refractivity contribution in [2.75, 3.05) is 19.8 Å². The summed E-state index contributed by atoms with van der Waals surface area (Å²) in [7, 11) is 0. The van der Waals surface area contributed by atoms with Gasteiger partial charge in [0.15, 0.2) is 0 Å². The third kappa shape index (κ3) is 2.42. The number of ether oxygens (including phenoxy) is 1. The van der Waals surface area contributed by atoms with Crippen LogP contribution in [0.2, 0.25) is 0 Å².